The van der Waals surface area contributed by atoms with Crippen LogP contribution >= 0.6 is 15.9 Å². The quantitative estimate of drug-likeness (QED) is 0.525. The lowest BCUT2D eigenvalue weighted by Gasteiger charge is -2.18. The first kappa shape index (κ1) is 18.2. The molecule has 138 valence electrons. The number of hydrogen-bond acceptors (Lipinski definition) is 3. The molecule has 4 nitrogen and oxygen atoms in total. The fourth-order valence-electron chi connectivity index (χ4n) is 3.04. The van der Waals surface area contributed by atoms with Crippen LogP contribution in [0.15, 0.2) is 94.0 Å². The van der Waals surface area contributed by atoms with Crippen molar-refractivity contribution < 1.29 is 9.53 Å². The minimum Gasteiger partial charge on any atom is -0.497 e. The van der Waals surface area contributed by atoms with Crippen molar-refractivity contribution in [2.45, 2.75) is 0 Å². The lowest BCUT2D eigenvalue weighted by molar-refractivity contribution is -0.113. The molecule has 0 radical (unpaired) electrons. The Balaban J connectivity index is 1.82. The van der Waals surface area contributed by atoms with Gasteiger partial charge in [-0.3, -0.25) is 9.69 Å². The van der Waals surface area contributed by atoms with Gasteiger partial charge in [0.15, 0.2) is 0 Å². The van der Waals surface area contributed by atoms with Crippen LogP contribution in [-0.2, 0) is 4.79 Å². The van der Waals surface area contributed by atoms with Crippen molar-refractivity contribution >= 4 is 39.4 Å². The second-order valence-electron chi connectivity index (χ2n) is 6.23. The summed E-state index contributed by atoms with van der Waals surface area (Å²) in [6.07, 6.45) is 1.78. The predicted molar refractivity (Wildman–Crippen MR) is 116 cm³/mol. The topological polar surface area (TPSA) is 41.9 Å². The van der Waals surface area contributed by atoms with Gasteiger partial charge in [0.1, 0.15) is 17.3 Å². The Morgan fingerprint density at radius 3 is 2.50 bits per heavy atom. The third-order valence-corrected chi connectivity index (χ3v) is 4.85. The van der Waals surface area contributed by atoms with Crippen LogP contribution in [0.25, 0.3) is 6.08 Å². The number of benzene rings is 3. The molecule has 0 aliphatic carbocycles. The van der Waals surface area contributed by atoms with Crippen LogP contribution in [0.2, 0.25) is 0 Å². The average molecular weight is 433 g/mol. The number of carbonyl (C=O) groups is 1. The zero-order valence-corrected chi connectivity index (χ0v) is 16.8. The zero-order valence-electron chi connectivity index (χ0n) is 15.2. The van der Waals surface area contributed by atoms with Crippen LogP contribution in [0.3, 0.4) is 0 Å². The van der Waals surface area contributed by atoms with E-state index in [0.29, 0.717) is 11.5 Å². The van der Waals surface area contributed by atoms with E-state index in [1.54, 1.807) is 18.1 Å². The van der Waals surface area contributed by atoms with Crippen molar-refractivity contribution in [2.24, 2.45) is 4.99 Å². The number of nitrogens with zero attached hydrogens (tertiary/aromatic N) is 2. The maximum atomic E-state index is 13.3. The molecule has 0 N–H and O–H groups in total. The number of amidine groups is 1. The first-order valence-corrected chi connectivity index (χ1v) is 9.55. The van der Waals surface area contributed by atoms with Gasteiger partial charge in [0.25, 0.3) is 5.91 Å². The lowest BCUT2D eigenvalue weighted by Crippen LogP contribution is -2.32. The van der Waals surface area contributed by atoms with Crippen molar-refractivity contribution in [1.82, 2.24) is 0 Å². The SMILES string of the molecule is COc1cccc(/C=C2/N=C(c3ccccc3)N(c3cccc(Br)c3)C2=O)c1. The van der Waals surface area contributed by atoms with Crippen molar-refractivity contribution in [1.29, 1.82) is 0 Å². The van der Waals surface area contributed by atoms with Gasteiger partial charge in [-0.05, 0) is 42.0 Å². The van der Waals surface area contributed by atoms with Gasteiger partial charge in [0.2, 0.25) is 0 Å². The molecule has 0 unspecified atom stereocenters. The minimum absolute atomic E-state index is 0.167. The molecule has 1 aliphatic heterocycles. The smallest absolute Gasteiger partial charge is 0.282 e. The first-order valence-electron chi connectivity index (χ1n) is 8.75. The highest BCUT2D eigenvalue weighted by Gasteiger charge is 2.32. The number of aliphatic imine (C=N–C) groups is 1. The summed E-state index contributed by atoms with van der Waals surface area (Å²) < 4.78 is 6.17. The van der Waals surface area contributed by atoms with Gasteiger partial charge in [-0.15, -0.1) is 0 Å². The number of amides is 1. The summed E-state index contributed by atoms with van der Waals surface area (Å²) in [5.41, 5.74) is 2.88. The number of halogens is 1. The van der Waals surface area contributed by atoms with Crippen LogP contribution in [-0.4, -0.2) is 18.9 Å². The van der Waals surface area contributed by atoms with Crippen molar-refractivity contribution in [3.8, 4) is 5.75 Å². The zero-order chi connectivity index (χ0) is 19.5. The summed E-state index contributed by atoms with van der Waals surface area (Å²) in [6.45, 7) is 0. The molecule has 5 heteroatoms. The van der Waals surface area contributed by atoms with Gasteiger partial charge in [-0.1, -0.05) is 64.5 Å². The average Bonchev–Trinajstić information content (AvgIpc) is 3.05. The number of ether oxygens (including phenoxy) is 1. The van der Waals surface area contributed by atoms with Gasteiger partial charge in [-0.2, -0.15) is 0 Å². The Bertz CT molecular complexity index is 1090. The third kappa shape index (κ3) is 3.62. The van der Waals surface area contributed by atoms with Gasteiger partial charge in [0, 0.05) is 10.0 Å². The molecule has 0 saturated carbocycles. The molecule has 3 aromatic rings. The summed E-state index contributed by atoms with van der Waals surface area (Å²) in [7, 11) is 1.62. The van der Waals surface area contributed by atoms with Crippen LogP contribution in [0, 0.1) is 0 Å². The molecule has 28 heavy (non-hydrogen) atoms. The Hall–Kier alpha value is -3.18. The van der Waals surface area contributed by atoms with Crippen LogP contribution < -0.4 is 9.64 Å². The number of anilines is 1. The van der Waals surface area contributed by atoms with E-state index in [9.17, 15) is 4.79 Å². The molecule has 1 aliphatic rings. The molecule has 0 atom stereocenters. The van der Waals surface area contributed by atoms with Crippen molar-refractivity contribution in [2.75, 3.05) is 12.0 Å². The monoisotopic (exact) mass is 432 g/mol. The fourth-order valence-corrected chi connectivity index (χ4v) is 3.43. The first-order chi connectivity index (χ1) is 13.7. The van der Waals surface area contributed by atoms with E-state index in [1.807, 2.05) is 78.9 Å². The van der Waals surface area contributed by atoms with E-state index in [4.69, 9.17) is 4.74 Å². The van der Waals surface area contributed by atoms with Crippen LogP contribution in [0.4, 0.5) is 5.69 Å². The summed E-state index contributed by atoms with van der Waals surface area (Å²) >= 11 is 3.48. The van der Waals surface area contributed by atoms with E-state index < -0.39 is 0 Å². The van der Waals surface area contributed by atoms with Crippen LogP contribution in [0.5, 0.6) is 5.75 Å². The molecular weight excluding hydrogens is 416 g/mol. The molecule has 3 aromatic carbocycles. The summed E-state index contributed by atoms with van der Waals surface area (Å²) in [5.74, 6) is 1.17. The van der Waals surface area contributed by atoms with E-state index in [1.165, 1.54) is 0 Å². The summed E-state index contributed by atoms with van der Waals surface area (Å²) in [5, 5.41) is 0. The van der Waals surface area contributed by atoms with E-state index in [2.05, 4.69) is 20.9 Å². The van der Waals surface area contributed by atoms with Crippen LogP contribution in [0.1, 0.15) is 11.1 Å². The molecule has 0 aromatic heterocycles. The molecule has 0 bridgehead atoms. The van der Waals surface area contributed by atoms with Gasteiger partial charge >= 0.3 is 0 Å². The summed E-state index contributed by atoms with van der Waals surface area (Å²) in [6, 6.07) is 24.9. The minimum atomic E-state index is -0.167. The Morgan fingerprint density at radius 2 is 1.75 bits per heavy atom. The van der Waals surface area contributed by atoms with Crippen molar-refractivity contribution in [3.05, 3.63) is 100 Å². The van der Waals surface area contributed by atoms with Gasteiger partial charge in [0.05, 0.1) is 12.8 Å². The number of hydrogen-bond donors (Lipinski definition) is 0. The molecule has 4 rings (SSSR count). The van der Waals surface area contributed by atoms with Crippen molar-refractivity contribution in [3.63, 3.8) is 0 Å². The number of carbonyl (C=O) groups excluding carboxylic acids is 1. The highest BCUT2D eigenvalue weighted by molar-refractivity contribution is 9.10. The third-order valence-electron chi connectivity index (χ3n) is 4.36. The maximum Gasteiger partial charge on any atom is 0.282 e. The van der Waals surface area contributed by atoms with E-state index in [-0.39, 0.29) is 5.91 Å². The molecule has 0 saturated heterocycles. The lowest BCUT2D eigenvalue weighted by atomic mass is 10.1. The van der Waals surface area contributed by atoms with Gasteiger partial charge in [-0.25, -0.2) is 4.99 Å². The van der Waals surface area contributed by atoms with E-state index in [0.717, 1.165) is 27.0 Å². The molecule has 0 fully saturated rings. The Labute approximate surface area is 171 Å². The number of methoxy groups -OCH3 is 1. The van der Waals surface area contributed by atoms with E-state index >= 15 is 0 Å². The Kier molecular flexibility index (Phi) is 5.08. The normalized spacial score (nSPS) is 15.1. The highest BCUT2D eigenvalue weighted by atomic mass is 79.9. The molecule has 0 spiro atoms. The summed E-state index contributed by atoms with van der Waals surface area (Å²) in [4.78, 5) is 19.6. The van der Waals surface area contributed by atoms with Gasteiger partial charge < -0.3 is 4.74 Å². The second kappa shape index (κ2) is 7.82. The molecule has 1 amide bonds. The second-order valence-corrected chi connectivity index (χ2v) is 7.14. The maximum absolute atomic E-state index is 13.3. The number of rotatable bonds is 4. The predicted octanol–water partition coefficient (Wildman–Crippen LogP) is 5.29. The molecular formula is C23H17BrN2O2. The standard InChI is InChI=1S/C23H17BrN2O2/c1-28-20-12-5-7-16(13-20)14-21-23(27)26(19-11-6-10-18(24)15-19)22(25-21)17-8-3-2-4-9-17/h2-15H,1H3/b21-14+. The fraction of sp³-hybridized carbons (Fsp3) is 0.0435. The highest BCUT2D eigenvalue weighted by Crippen LogP contribution is 2.29. The Morgan fingerprint density at radius 1 is 0.964 bits per heavy atom. The largest absolute Gasteiger partial charge is 0.497 e. The molecule has 1 heterocycles.